The van der Waals surface area contributed by atoms with Crippen LogP contribution in [0.1, 0.15) is 93.9 Å². The zero-order valence-corrected chi connectivity index (χ0v) is 33.7. The van der Waals surface area contributed by atoms with Crippen LogP contribution >= 0.6 is 0 Å². The van der Waals surface area contributed by atoms with Crippen molar-refractivity contribution in [3.63, 3.8) is 0 Å². The molecule has 5 aliphatic carbocycles. The predicted molar refractivity (Wildman–Crippen MR) is 196 cm³/mol. The van der Waals surface area contributed by atoms with E-state index in [9.17, 15) is 51.1 Å². The van der Waals surface area contributed by atoms with E-state index in [1.165, 1.54) is 0 Å². The lowest BCUT2D eigenvalue weighted by Crippen LogP contribution is -2.76. The lowest BCUT2D eigenvalue weighted by atomic mass is 9.32. The van der Waals surface area contributed by atoms with Crippen molar-refractivity contribution < 1.29 is 70.0 Å². The number of aliphatic hydroxyl groups excluding tert-OH is 10. The lowest BCUT2D eigenvalue weighted by molar-refractivity contribution is -0.356. The number of rotatable bonds is 5. The minimum Gasteiger partial charge on any atom is -0.396 e. The predicted octanol–water partition coefficient (Wildman–Crippen LogP) is 0.340. The van der Waals surface area contributed by atoms with E-state index in [0.29, 0.717) is 12.8 Å². The molecule has 2 saturated heterocycles. The van der Waals surface area contributed by atoms with Gasteiger partial charge in [-0.05, 0) is 84.9 Å². The molecule has 7 aliphatic rings. The van der Waals surface area contributed by atoms with E-state index in [1.807, 2.05) is 13.8 Å². The number of hydrogen-bond acceptors (Lipinski definition) is 14. The van der Waals surface area contributed by atoms with Crippen LogP contribution in [0.5, 0.6) is 0 Å². The number of fused-ring (bicyclic) bond motifs is 7. The molecular formula is C41H68O14. The summed E-state index contributed by atoms with van der Waals surface area (Å²) >= 11 is 0. The molecular weight excluding hydrogens is 716 g/mol. The monoisotopic (exact) mass is 784 g/mol. The Labute approximate surface area is 324 Å². The van der Waals surface area contributed by atoms with Crippen LogP contribution in [0.2, 0.25) is 0 Å². The first-order chi connectivity index (χ1) is 25.5. The Morgan fingerprint density at radius 1 is 0.727 bits per heavy atom. The minimum atomic E-state index is -1.57. The normalized spacial score (nSPS) is 57.3. The van der Waals surface area contributed by atoms with Crippen molar-refractivity contribution in [1.29, 1.82) is 0 Å². The molecule has 0 unspecified atom stereocenters. The molecule has 0 spiro atoms. The molecule has 2 aliphatic heterocycles. The zero-order valence-electron chi connectivity index (χ0n) is 33.7. The summed E-state index contributed by atoms with van der Waals surface area (Å²) < 4.78 is 23.9. The van der Waals surface area contributed by atoms with Gasteiger partial charge in [-0.15, -0.1) is 0 Å². The number of allylic oxidation sites excluding steroid dienone is 1. The molecule has 14 nitrogen and oxygen atoms in total. The molecule has 2 heterocycles. The second-order valence-electron chi connectivity index (χ2n) is 20.5. The third-order valence-corrected chi connectivity index (χ3v) is 17.3. The molecule has 7 rings (SSSR count). The van der Waals surface area contributed by atoms with Crippen LogP contribution < -0.4 is 0 Å². The largest absolute Gasteiger partial charge is 0.396 e. The van der Waals surface area contributed by atoms with E-state index >= 15 is 0 Å². The Balaban J connectivity index is 1.12. The summed E-state index contributed by atoms with van der Waals surface area (Å²) in [7, 11) is 0. The SMILES string of the molecule is C[C@@H]1O[C@@H](O[C@H]2CC[C@]3(C)[C@H]4CC=C5[C@@H]6CC(C)(C)[C@@H](O)[C@H](O)[C@]6(CO)[C@H](O)[C@H](O)[C@@]5(C)[C@]4(C)CC[C@H]3C2(C)C)[C@H](O)[C@H](O)[C@H]1O[C@@H]1OC[C@H](O)[C@H](O)[C@H]1O. The summed E-state index contributed by atoms with van der Waals surface area (Å²) in [4.78, 5) is 0. The van der Waals surface area contributed by atoms with E-state index in [0.717, 1.165) is 31.3 Å². The first kappa shape index (κ1) is 42.3. The van der Waals surface area contributed by atoms with Crippen molar-refractivity contribution in [2.45, 2.75) is 180 Å². The minimum absolute atomic E-state index is 0.108. The maximum atomic E-state index is 12.3. The first-order valence-electron chi connectivity index (χ1n) is 20.5. The molecule has 4 saturated carbocycles. The average Bonchev–Trinajstić information content (AvgIpc) is 3.12. The Hall–Kier alpha value is -0.820. The summed E-state index contributed by atoms with van der Waals surface area (Å²) in [5.41, 5.74) is -3.17. The van der Waals surface area contributed by atoms with Gasteiger partial charge in [-0.25, -0.2) is 0 Å². The second-order valence-corrected chi connectivity index (χ2v) is 20.5. The smallest absolute Gasteiger partial charge is 0.186 e. The molecule has 55 heavy (non-hydrogen) atoms. The van der Waals surface area contributed by atoms with Gasteiger partial charge in [0.15, 0.2) is 12.6 Å². The van der Waals surface area contributed by atoms with Gasteiger partial charge >= 0.3 is 0 Å². The van der Waals surface area contributed by atoms with Crippen LogP contribution in [-0.4, -0.2) is 150 Å². The third kappa shape index (κ3) is 5.71. The fourth-order valence-electron chi connectivity index (χ4n) is 13.7. The van der Waals surface area contributed by atoms with Gasteiger partial charge in [0.25, 0.3) is 0 Å². The molecule has 0 amide bonds. The zero-order chi connectivity index (χ0) is 40.6. The molecule has 0 aromatic rings. The summed E-state index contributed by atoms with van der Waals surface area (Å²) in [5.74, 6) is -0.173. The van der Waals surface area contributed by atoms with Crippen LogP contribution in [0.15, 0.2) is 11.6 Å². The Bertz CT molecular complexity index is 1470. The number of ether oxygens (including phenoxy) is 4. The molecule has 0 aromatic carbocycles. The van der Waals surface area contributed by atoms with Gasteiger partial charge in [-0.2, -0.15) is 0 Å². The molecule has 0 bridgehead atoms. The standard InChI is InChI=1S/C41H68O14/c1-18-29(55-34-27(46)25(44)21(43)16-52-34)26(45)28(47)35(53-18)54-24-12-13-38(6)22(37(24,4)5)11-14-39(7)23(38)10-9-19-20-15-36(2,3)30(48)32(50)41(20,17-42)33(51)31(49)40(19,39)8/h9,18,20-35,42-51H,10-17H2,1-8H3/t18-,20-,21-,22-,23+,24-,25-,26-,27+,28+,29-,30-,31-,32-,33+,34-,35-,38-,39+,40-,41+/m0/s1. The van der Waals surface area contributed by atoms with Crippen molar-refractivity contribution in [3.8, 4) is 0 Å². The van der Waals surface area contributed by atoms with Crippen molar-refractivity contribution in [2.75, 3.05) is 13.2 Å². The van der Waals surface area contributed by atoms with Crippen LogP contribution in [0.3, 0.4) is 0 Å². The van der Waals surface area contributed by atoms with Gasteiger partial charge in [0.1, 0.15) is 36.6 Å². The summed E-state index contributed by atoms with van der Waals surface area (Å²) in [5, 5.41) is 111. The summed E-state index contributed by atoms with van der Waals surface area (Å²) in [6.45, 7) is 15.6. The summed E-state index contributed by atoms with van der Waals surface area (Å²) in [6.07, 6.45) is -11.1. The highest BCUT2D eigenvalue weighted by atomic mass is 16.7. The van der Waals surface area contributed by atoms with Crippen LogP contribution in [0.25, 0.3) is 0 Å². The maximum Gasteiger partial charge on any atom is 0.186 e. The van der Waals surface area contributed by atoms with Crippen molar-refractivity contribution >= 4 is 0 Å². The van der Waals surface area contributed by atoms with E-state index in [4.69, 9.17) is 18.9 Å². The second kappa shape index (κ2) is 13.9. The highest BCUT2D eigenvalue weighted by Gasteiger charge is 2.75. The fourth-order valence-corrected chi connectivity index (χ4v) is 13.7. The van der Waals surface area contributed by atoms with Crippen molar-refractivity contribution in [2.24, 2.45) is 50.2 Å². The molecule has 0 radical (unpaired) electrons. The van der Waals surface area contributed by atoms with E-state index in [1.54, 1.807) is 6.92 Å². The van der Waals surface area contributed by atoms with E-state index in [-0.39, 0.29) is 30.0 Å². The van der Waals surface area contributed by atoms with Crippen LogP contribution in [0, 0.1) is 50.2 Å². The Morgan fingerprint density at radius 2 is 1.36 bits per heavy atom. The molecule has 14 heteroatoms. The van der Waals surface area contributed by atoms with Crippen molar-refractivity contribution in [1.82, 2.24) is 0 Å². The van der Waals surface area contributed by atoms with Crippen LogP contribution in [0.4, 0.5) is 0 Å². The van der Waals surface area contributed by atoms with Gasteiger partial charge in [0.05, 0.1) is 55.3 Å². The third-order valence-electron chi connectivity index (χ3n) is 17.3. The number of aliphatic hydroxyl groups is 10. The van der Waals surface area contributed by atoms with Gasteiger partial charge in [0, 0.05) is 5.41 Å². The van der Waals surface area contributed by atoms with Gasteiger partial charge in [-0.3, -0.25) is 0 Å². The molecule has 316 valence electrons. The van der Waals surface area contributed by atoms with E-state index in [2.05, 4.69) is 40.7 Å². The lowest BCUT2D eigenvalue weighted by Gasteiger charge is -2.73. The van der Waals surface area contributed by atoms with Gasteiger partial charge in [-0.1, -0.05) is 60.1 Å². The van der Waals surface area contributed by atoms with Gasteiger partial charge in [0.2, 0.25) is 0 Å². The maximum absolute atomic E-state index is 12.3. The highest BCUT2D eigenvalue weighted by Crippen LogP contribution is 2.76. The number of hydrogen-bond donors (Lipinski definition) is 10. The fraction of sp³-hybridized carbons (Fsp3) is 0.951. The Morgan fingerprint density at radius 3 is 2.02 bits per heavy atom. The van der Waals surface area contributed by atoms with Crippen molar-refractivity contribution in [3.05, 3.63) is 11.6 Å². The summed E-state index contributed by atoms with van der Waals surface area (Å²) in [6, 6.07) is 0. The topological polar surface area (TPSA) is 239 Å². The quantitative estimate of drug-likeness (QED) is 0.134. The van der Waals surface area contributed by atoms with Gasteiger partial charge < -0.3 is 70.0 Å². The Kier molecular flexibility index (Phi) is 10.7. The molecule has 0 aromatic heterocycles. The van der Waals surface area contributed by atoms with Crippen LogP contribution in [-0.2, 0) is 18.9 Å². The molecule has 6 fully saturated rings. The first-order valence-corrected chi connectivity index (χ1v) is 20.5. The molecule has 10 N–H and O–H groups in total. The highest BCUT2D eigenvalue weighted by molar-refractivity contribution is 5.38. The van der Waals surface area contributed by atoms with E-state index < -0.39 is 119 Å². The molecule has 21 atom stereocenters. The average molecular weight is 785 g/mol.